The number of aromatic nitrogens is 2. The first-order chi connectivity index (χ1) is 11.1. The lowest BCUT2D eigenvalue weighted by Gasteiger charge is -2.46. The SMILES string of the molecule is Cc1nc(C(C)N2C3CCC2CC(O)(c2ccccc2)C3)no1. The van der Waals surface area contributed by atoms with E-state index in [1.54, 1.807) is 0 Å². The van der Waals surface area contributed by atoms with Gasteiger partial charge in [-0.3, -0.25) is 4.90 Å². The predicted octanol–water partition coefficient (Wildman–Crippen LogP) is 2.95. The highest BCUT2D eigenvalue weighted by Crippen LogP contribution is 2.48. The summed E-state index contributed by atoms with van der Waals surface area (Å²) >= 11 is 0. The molecule has 0 amide bonds. The van der Waals surface area contributed by atoms with Crippen molar-refractivity contribution < 1.29 is 9.63 Å². The van der Waals surface area contributed by atoms with Crippen LogP contribution in [0, 0.1) is 6.92 Å². The normalized spacial score (nSPS) is 32.1. The Bertz CT molecular complexity index is 671. The molecule has 0 spiro atoms. The molecular formula is C18H23N3O2. The molecule has 3 atom stereocenters. The summed E-state index contributed by atoms with van der Waals surface area (Å²) in [5.41, 5.74) is 0.329. The van der Waals surface area contributed by atoms with Gasteiger partial charge in [0.15, 0.2) is 5.82 Å². The number of benzene rings is 1. The summed E-state index contributed by atoms with van der Waals surface area (Å²) in [6.45, 7) is 3.96. The summed E-state index contributed by atoms with van der Waals surface area (Å²) in [5.74, 6) is 1.36. The molecule has 2 bridgehead atoms. The Balaban J connectivity index is 1.59. The van der Waals surface area contributed by atoms with Gasteiger partial charge in [0.1, 0.15) is 0 Å². The minimum Gasteiger partial charge on any atom is -0.385 e. The highest BCUT2D eigenvalue weighted by Gasteiger charge is 2.50. The first-order valence-corrected chi connectivity index (χ1v) is 8.42. The summed E-state index contributed by atoms with van der Waals surface area (Å²) < 4.78 is 5.14. The molecule has 0 radical (unpaired) electrons. The summed E-state index contributed by atoms with van der Waals surface area (Å²) in [7, 11) is 0. The van der Waals surface area contributed by atoms with E-state index < -0.39 is 5.60 Å². The molecule has 1 N–H and O–H groups in total. The molecule has 5 nitrogen and oxygen atoms in total. The fourth-order valence-corrected chi connectivity index (χ4v) is 4.49. The zero-order chi connectivity index (χ0) is 16.0. The van der Waals surface area contributed by atoms with E-state index >= 15 is 0 Å². The van der Waals surface area contributed by atoms with Crippen LogP contribution in [0.2, 0.25) is 0 Å². The molecule has 0 saturated carbocycles. The molecule has 122 valence electrons. The Labute approximate surface area is 136 Å². The third kappa shape index (κ3) is 2.48. The molecule has 3 heterocycles. The quantitative estimate of drug-likeness (QED) is 0.944. The lowest BCUT2D eigenvalue weighted by atomic mass is 9.80. The average Bonchev–Trinajstić information content (AvgIpc) is 3.10. The van der Waals surface area contributed by atoms with E-state index in [0.29, 0.717) is 18.0 Å². The van der Waals surface area contributed by atoms with Gasteiger partial charge in [-0.05, 0) is 38.2 Å². The zero-order valence-electron chi connectivity index (χ0n) is 13.6. The van der Waals surface area contributed by atoms with Gasteiger partial charge in [-0.15, -0.1) is 0 Å². The Kier molecular flexibility index (Phi) is 3.50. The van der Waals surface area contributed by atoms with Crippen molar-refractivity contribution in [3.8, 4) is 0 Å². The van der Waals surface area contributed by atoms with Crippen LogP contribution in [0.1, 0.15) is 55.9 Å². The lowest BCUT2D eigenvalue weighted by molar-refractivity contribution is -0.0693. The number of nitrogens with zero attached hydrogens (tertiary/aromatic N) is 3. The molecular weight excluding hydrogens is 290 g/mol. The van der Waals surface area contributed by atoms with Crippen LogP contribution >= 0.6 is 0 Å². The highest BCUT2D eigenvalue weighted by molar-refractivity contribution is 5.25. The van der Waals surface area contributed by atoms with Crippen LogP contribution in [0.3, 0.4) is 0 Å². The van der Waals surface area contributed by atoms with Gasteiger partial charge in [-0.2, -0.15) is 4.98 Å². The summed E-state index contributed by atoms with van der Waals surface area (Å²) in [5, 5.41) is 15.3. The number of hydrogen-bond donors (Lipinski definition) is 1. The molecule has 2 aliphatic rings. The standard InChI is InChI=1S/C18H23N3O2/c1-12(17-19-13(2)23-20-17)21-15-8-9-16(21)11-18(22,10-15)14-6-4-3-5-7-14/h3-7,12,15-16,22H,8-11H2,1-2H3. The highest BCUT2D eigenvalue weighted by atomic mass is 16.5. The van der Waals surface area contributed by atoms with Gasteiger partial charge in [-0.1, -0.05) is 35.5 Å². The van der Waals surface area contributed by atoms with Crippen LogP contribution in [-0.2, 0) is 5.60 Å². The van der Waals surface area contributed by atoms with Gasteiger partial charge >= 0.3 is 0 Å². The molecule has 2 aliphatic heterocycles. The molecule has 1 aromatic carbocycles. The van der Waals surface area contributed by atoms with Crippen LogP contribution in [0.4, 0.5) is 0 Å². The van der Waals surface area contributed by atoms with Gasteiger partial charge in [0.05, 0.1) is 11.6 Å². The van der Waals surface area contributed by atoms with Crippen LogP contribution < -0.4 is 0 Å². The third-order valence-electron chi connectivity index (χ3n) is 5.50. The summed E-state index contributed by atoms with van der Waals surface area (Å²) in [6.07, 6.45) is 3.80. The number of piperidine rings is 1. The smallest absolute Gasteiger partial charge is 0.223 e. The largest absolute Gasteiger partial charge is 0.385 e. The number of rotatable bonds is 3. The topological polar surface area (TPSA) is 62.4 Å². The zero-order valence-corrected chi connectivity index (χ0v) is 13.6. The van der Waals surface area contributed by atoms with Crippen LogP contribution in [0.25, 0.3) is 0 Å². The second-order valence-corrected chi connectivity index (χ2v) is 6.99. The number of aryl methyl sites for hydroxylation is 1. The predicted molar refractivity (Wildman–Crippen MR) is 85.7 cm³/mol. The molecule has 2 saturated heterocycles. The molecule has 3 unspecified atom stereocenters. The maximum atomic E-state index is 11.2. The van der Waals surface area contributed by atoms with E-state index in [-0.39, 0.29) is 6.04 Å². The average molecular weight is 313 g/mol. The van der Waals surface area contributed by atoms with Crippen molar-refractivity contribution in [2.75, 3.05) is 0 Å². The molecule has 4 rings (SSSR count). The second-order valence-electron chi connectivity index (χ2n) is 6.99. The Hall–Kier alpha value is -1.72. The van der Waals surface area contributed by atoms with E-state index in [0.717, 1.165) is 37.1 Å². The van der Waals surface area contributed by atoms with Crippen LogP contribution in [0.15, 0.2) is 34.9 Å². The number of aliphatic hydroxyl groups is 1. The molecule has 2 aromatic rings. The van der Waals surface area contributed by atoms with E-state index in [1.165, 1.54) is 0 Å². The number of fused-ring (bicyclic) bond motifs is 2. The second kappa shape index (κ2) is 5.42. The molecule has 2 fully saturated rings. The van der Waals surface area contributed by atoms with Crippen molar-refractivity contribution in [2.45, 2.75) is 63.3 Å². The monoisotopic (exact) mass is 313 g/mol. The van der Waals surface area contributed by atoms with Gasteiger partial charge in [-0.25, -0.2) is 0 Å². The summed E-state index contributed by atoms with van der Waals surface area (Å²) in [6, 6.07) is 11.0. The van der Waals surface area contributed by atoms with Crippen molar-refractivity contribution in [1.29, 1.82) is 0 Å². The van der Waals surface area contributed by atoms with Crippen LogP contribution in [-0.4, -0.2) is 32.2 Å². The fraction of sp³-hybridized carbons (Fsp3) is 0.556. The maximum absolute atomic E-state index is 11.2. The maximum Gasteiger partial charge on any atom is 0.223 e. The van der Waals surface area contributed by atoms with E-state index in [4.69, 9.17) is 4.52 Å². The fourth-order valence-electron chi connectivity index (χ4n) is 4.49. The van der Waals surface area contributed by atoms with Gasteiger partial charge in [0.25, 0.3) is 0 Å². The third-order valence-corrected chi connectivity index (χ3v) is 5.50. The Morgan fingerprint density at radius 1 is 1.22 bits per heavy atom. The van der Waals surface area contributed by atoms with Crippen molar-refractivity contribution in [3.63, 3.8) is 0 Å². The van der Waals surface area contributed by atoms with Gasteiger partial charge in [0.2, 0.25) is 5.89 Å². The Morgan fingerprint density at radius 3 is 2.43 bits per heavy atom. The van der Waals surface area contributed by atoms with Crippen molar-refractivity contribution >= 4 is 0 Å². The molecule has 0 aliphatic carbocycles. The summed E-state index contributed by atoms with van der Waals surface area (Å²) in [4.78, 5) is 6.88. The van der Waals surface area contributed by atoms with Gasteiger partial charge < -0.3 is 9.63 Å². The first-order valence-electron chi connectivity index (χ1n) is 8.42. The van der Waals surface area contributed by atoms with E-state index in [2.05, 4.69) is 22.0 Å². The number of hydrogen-bond acceptors (Lipinski definition) is 5. The van der Waals surface area contributed by atoms with Crippen LogP contribution in [0.5, 0.6) is 0 Å². The Morgan fingerprint density at radius 2 is 1.87 bits per heavy atom. The first kappa shape index (κ1) is 14.8. The molecule has 5 heteroatoms. The van der Waals surface area contributed by atoms with Crippen molar-refractivity contribution in [2.24, 2.45) is 0 Å². The lowest BCUT2D eigenvalue weighted by Crippen LogP contribution is -2.50. The van der Waals surface area contributed by atoms with E-state index in [9.17, 15) is 5.11 Å². The minimum atomic E-state index is -0.712. The molecule has 23 heavy (non-hydrogen) atoms. The van der Waals surface area contributed by atoms with Crippen molar-refractivity contribution in [1.82, 2.24) is 15.0 Å². The van der Waals surface area contributed by atoms with Crippen molar-refractivity contribution in [3.05, 3.63) is 47.6 Å². The minimum absolute atomic E-state index is 0.130. The van der Waals surface area contributed by atoms with Gasteiger partial charge in [0, 0.05) is 19.0 Å². The molecule has 1 aromatic heterocycles. The van der Waals surface area contributed by atoms with E-state index in [1.807, 2.05) is 37.3 Å².